The predicted octanol–water partition coefficient (Wildman–Crippen LogP) is 14.1. The van der Waals surface area contributed by atoms with Crippen molar-refractivity contribution >= 4 is 5.91 Å². The summed E-state index contributed by atoms with van der Waals surface area (Å²) >= 11 is 0. The van der Waals surface area contributed by atoms with Gasteiger partial charge in [0.25, 0.3) is 0 Å². The van der Waals surface area contributed by atoms with Gasteiger partial charge in [0.2, 0.25) is 5.91 Å². The van der Waals surface area contributed by atoms with Gasteiger partial charge in [-0.3, -0.25) is 4.79 Å². The van der Waals surface area contributed by atoms with E-state index in [1.165, 1.54) is 161 Å². The number of rotatable bonds is 43. The number of carbonyl (C=O) groups excluding carboxylic acids is 1. The first kappa shape index (κ1) is 53.3. The minimum absolute atomic E-state index is 0.00488. The Labute approximate surface area is 342 Å². The standard InChI is InChI=1S/C50H93NO4/c1-3-5-7-9-11-13-15-17-19-20-21-22-23-24-25-26-27-28-30-32-34-36-38-40-42-44-49(54)48(46-52)51-50(55)45-47(53)43-41-39-37-35-33-31-29-18-16-14-12-10-8-6-4-2/h12,14,18,29,34,36,42,44,47-49,52-54H,3-11,13,15-17,19-28,30-33,35,37-41,43,45-46H2,1-2H3,(H,51,55)/b14-12-,29-18-,36-34+,44-42+. The van der Waals surface area contributed by atoms with Crippen LogP contribution < -0.4 is 5.32 Å². The number of unbranched alkanes of at least 4 members (excludes halogenated alkanes) is 28. The number of hydrogen-bond acceptors (Lipinski definition) is 4. The molecule has 0 aliphatic rings. The van der Waals surface area contributed by atoms with Gasteiger partial charge in [-0.25, -0.2) is 0 Å². The molecule has 0 rings (SSSR count). The van der Waals surface area contributed by atoms with Gasteiger partial charge in [-0.05, 0) is 64.2 Å². The van der Waals surface area contributed by atoms with E-state index in [-0.39, 0.29) is 18.9 Å². The lowest BCUT2D eigenvalue weighted by atomic mass is 10.0. The van der Waals surface area contributed by atoms with Crippen LogP contribution in [0.25, 0.3) is 0 Å². The normalized spacial score (nSPS) is 13.9. The number of hydrogen-bond donors (Lipinski definition) is 4. The van der Waals surface area contributed by atoms with Crippen LogP contribution >= 0.6 is 0 Å². The number of nitrogens with one attached hydrogen (secondary N) is 1. The van der Waals surface area contributed by atoms with Gasteiger partial charge in [0.05, 0.1) is 31.3 Å². The lowest BCUT2D eigenvalue weighted by Gasteiger charge is -2.20. The second-order valence-electron chi connectivity index (χ2n) is 16.4. The highest BCUT2D eigenvalue weighted by Gasteiger charge is 2.20. The number of allylic oxidation sites excluding steroid dienone is 7. The zero-order chi connectivity index (χ0) is 40.1. The van der Waals surface area contributed by atoms with Gasteiger partial charge in [0.15, 0.2) is 0 Å². The van der Waals surface area contributed by atoms with E-state index in [1.54, 1.807) is 6.08 Å². The van der Waals surface area contributed by atoms with Crippen LogP contribution in [0.5, 0.6) is 0 Å². The summed E-state index contributed by atoms with van der Waals surface area (Å²) in [5.74, 6) is -0.334. The number of amides is 1. The summed E-state index contributed by atoms with van der Waals surface area (Å²) in [5.41, 5.74) is 0. The van der Waals surface area contributed by atoms with Crippen LogP contribution in [0.3, 0.4) is 0 Å². The van der Waals surface area contributed by atoms with Crippen molar-refractivity contribution in [3.8, 4) is 0 Å². The summed E-state index contributed by atoms with van der Waals surface area (Å²) < 4.78 is 0. The zero-order valence-electron chi connectivity index (χ0n) is 36.6. The maximum Gasteiger partial charge on any atom is 0.222 e. The third-order valence-electron chi connectivity index (χ3n) is 10.8. The largest absolute Gasteiger partial charge is 0.394 e. The second kappa shape index (κ2) is 45.0. The molecule has 0 bridgehead atoms. The summed E-state index contributed by atoms with van der Waals surface area (Å²) in [6, 6.07) is -0.767. The minimum Gasteiger partial charge on any atom is -0.394 e. The Bertz CT molecular complexity index is 896. The van der Waals surface area contributed by atoms with E-state index in [2.05, 4.69) is 55.6 Å². The molecule has 0 aromatic carbocycles. The summed E-state index contributed by atoms with van der Waals surface area (Å²) in [4.78, 5) is 12.4. The topological polar surface area (TPSA) is 89.8 Å². The first-order chi connectivity index (χ1) is 27.0. The van der Waals surface area contributed by atoms with E-state index in [1.807, 2.05) is 6.08 Å². The number of aliphatic hydroxyl groups excluding tert-OH is 3. The molecule has 3 atom stereocenters. The van der Waals surface area contributed by atoms with E-state index in [9.17, 15) is 20.1 Å². The molecule has 0 saturated carbocycles. The van der Waals surface area contributed by atoms with E-state index in [4.69, 9.17) is 0 Å². The van der Waals surface area contributed by atoms with Crippen molar-refractivity contribution in [1.82, 2.24) is 5.32 Å². The van der Waals surface area contributed by atoms with Gasteiger partial charge in [0, 0.05) is 0 Å². The lowest BCUT2D eigenvalue weighted by molar-refractivity contribution is -0.124. The molecule has 322 valence electrons. The average Bonchev–Trinajstić information content (AvgIpc) is 3.18. The van der Waals surface area contributed by atoms with Crippen molar-refractivity contribution in [2.75, 3.05) is 6.61 Å². The van der Waals surface area contributed by atoms with Crippen molar-refractivity contribution in [2.24, 2.45) is 0 Å². The Kier molecular flexibility index (Phi) is 43.6. The van der Waals surface area contributed by atoms with E-state index >= 15 is 0 Å². The summed E-state index contributed by atoms with van der Waals surface area (Å²) in [6.07, 6.45) is 58.4. The third-order valence-corrected chi connectivity index (χ3v) is 10.8. The molecule has 55 heavy (non-hydrogen) atoms. The minimum atomic E-state index is -0.957. The smallest absolute Gasteiger partial charge is 0.222 e. The third kappa shape index (κ3) is 41.8. The van der Waals surface area contributed by atoms with Gasteiger partial charge in [-0.2, -0.15) is 0 Å². The first-order valence-electron chi connectivity index (χ1n) is 23.9. The van der Waals surface area contributed by atoms with Gasteiger partial charge < -0.3 is 20.6 Å². The summed E-state index contributed by atoms with van der Waals surface area (Å²) in [5, 5.41) is 33.2. The molecule has 0 aliphatic carbocycles. The highest BCUT2D eigenvalue weighted by Crippen LogP contribution is 2.16. The molecule has 0 heterocycles. The Morgan fingerprint density at radius 3 is 1.31 bits per heavy atom. The highest BCUT2D eigenvalue weighted by atomic mass is 16.3. The number of aliphatic hydroxyl groups is 3. The van der Waals surface area contributed by atoms with Crippen molar-refractivity contribution in [3.63, 3.8) is 0 Å². The lowest BCUT2D eigenvalue weighted by Crippen LogP contribution is -2.45. The molecular formula is C50H93NO4. The quantitative estimate of drug-likeness (QED) is 0.0367. The van der Waals surface area contributed by atoms with Crippen LogP contribution in [0.4, 0.5) is 0 Å². The Hall–Kier alpha value is -1.69. The number of carbonyl (C=O) groups is 1. The van der Waals surface area contributed by atoms with Crippen LogP contribution in [0, 0.1) is 0 Å². The van der Waals surface area contributed by atoms with Crippen molar-refractivity contribution in [1.29, 1.82) is 0 Å². The van der Waals surface area contributed by atoms with Crippen molar-refractivity contribution < 1.29 is 20.1 Å². The molecule has 0 radical (unpaired) electrons. The Morgan fingerprint density at radius 1 is 0.473 bits per heavy atom. The van der Waals surface area contributed by atoms with Gasteiger partial charge in [-0.15, -0.1) is 0 Å². The summed E-state index contributed by atoms with van der Waals surface area (Å²) in [6.45, 7) is 4.18. The Morgan fingerprint density at radius 2 is 0.836 bits per heavy atom. The fourth-order valence-corrected chi connectivity index (χ4v) is 7.15. The van der Waals surface area contributed by atoms with Crippen LogP contribution in [0.2, 0.25) is 0 Å². The van der Waals surface area contributed by atoms with Crippen LogP contribution in [0.15, 0.2) is 48.6 Å². The van der Waals surface area contributed by atoms with E-state index in [0.717, 1.165) is 51.4 Å². The van der Waals surface area contributed by atoms with E-state index < -0.39 is 18.2 Å². The highest BCUT2D eigenvalue weighted by molar-refractivity contribution is 5.76. The average molecular weight is 772 g/mol. The molecule has 0 aliphatic heterocycles. The monoisotopic (exact) mass is 772 g/mol. The molecule has 3 unspecified atom stereocenters. The first-order valence-corrected chi connectivity index (χ1v) is 23.9. The van der Waals surface area contributed by atoms with Gasteiger partial charge in [-0.1, -0.05) is 217 Å². The Balaban J connectivity index is 3.68. The molecule has 5 heteroatoms. The molecule has 0 aromatic heterocycles. The molecule has 1 amide bonds. The fraction of sp³-hybridized carbons (Fsp3) is 0.820. The molecule has 0 saturated heterocycles. The molecular weight excluding hydrogens is 679 g/mol. The van der Waals surface area contributed by atoms with Crippen molar-refractivity contribution in [2.45, 2.75) is 257 Å². The predicted molar refractivity (Wildman–Crippen MR) is 241 cm³/mol. The molecule has 5 nitrogen and oxygen atoms in total. The SMILES string of the molecule is CCCCC/C=C\C/C=C\CCCCCCCC(O)CC(=O)NC(CO)C(O)/C=C/CC/C=C/CCCCCCCCCCCCCCCCCCCCC. The van der Waals surface area contributed by atoms with Gasteiger partial charge >= 0.3 is 0 Å². The van der Waals surface area contributed by atoms with Crippen LogP contribution in [0.1, 0.15) is 239 Å². The molecule has 0 fully saturated rings. The maximum atomic E-state index is 12.4. The fourth-order valence-electron chi connectivity index (χ4n) is 7.15. The zero-order valence-corrected chi connectivity index (χ0v) is 36.6. The van der Waals surface area contributed by atoms with Crippen LogP contribution in [-0.2, 0) is 4.79 Å². The van der Waals surface area contributed by atoms with Crippen LogP contribution in [-0.4, -0.2) is 46.1 Å². The molecule has 4 N–H and O–H groups in total. The second-order valence-corrected chi connectivity index (χ2v) is 16.4. The molecule has 0 aromatic rings. The van der Waals surface area contributed by atoms with Crippen molar-refractivity contribution in [3.05, 3.63) is 48.6 Å². The summed E-state index contributed by atoms with van der Waals surface area (Å²) in [7, 11) is 0. The maximum absolute atomic E-state index is 12.4. The van der Waals surface area contributed by atoms with Gasteiger partial charge in [0.1, 0.15) is 0 Å². The van der Waals surface area contributed by atoms with E-state index in [0.29, 0.717) is 6.42 Å². The molecule has 0 spiro atoms.